The molecular weight excluding hydrogens is 238 g/mol. The molecule has 0 amide bonds. The zero-order chi connectivity index (χ0) is 13.3. The van der Waals surface area contributed by atoms with Gasteiger partial charge in [-0.1, -0.05) is 19.9 Å². The number of hydrogen-bond acceptors (Lipinski definition) is 3. The van der Waals surface area contributed by atoms with Gasteiger partial charge in [-0.25, -0.2) is 0 Å². The fourth-order valence-electron chi connectivity index (χ4n) is 3.07. The van der Waals surface area contributed by atoms with Gasteiger partial charge in [0.25, 0.3) is 0 Å². The number of rotatable bonds is 3. The molecule has 1 aliphatic carbocycles. The highest BCUT2D eigenvalue weighted by Crippen LogP contribution is 2.37. The number of nitrogens with one attached hydrogen (secondary N) is 1. The van der Waals surface area contributed by atoms with Crippen molar-refractivity contribution in [3.05, 3.63) is 23.8 Å². The van der Waals surface area contributed by atoms with Crippen LogP contribution in [0, 0.1) is 5.41 Å². The van der Waals surface area contributed by atoms with Crippen molar-refractivity contribution in [3.63, 3.8) is 0 Å². The minimum Gasteiger partial charge on any atom is -0.486 e. The third-order valence-corrected chi connectivity index (χ3v) is 4.17. The largest absolute Gasteiger partial charge is 0.486 e. The van der Waals surface area contributed by atoms with Crippen LogP contribution in [-0.4, -0.2) is 19.3 Å². The molecule has 1 atom stereocenters. The average Bonchev–Trinajstić information content (AvgIpc) is 2.76. The van der Waals surface area contributed by atoms with Crippen LogP contribution >= 0.6 is 0 Å². The number of fused-ring (bicyclic) bond motifs is 1. The van der Waals surface area contributed by atoms with Gasteiger partial charge in [0.2, 0.25) is 0 Å². The first-order valence-electron chi connectivity index (χ1n) is 7.24. The van der Waals surface area contributed by atoms with Crippen molar-refractivity contribution in [1.82, 2.24) is 5.32 Å². The summed E-state index contributed by atoms with van der Waals surface area (Å²) in [6, 6.07) is 6.90. The molecule has 104 valence electrons. The number of ether oxygens (including phenoxy) is 2. The van der Waals surface area contributed by atoms with E-state index in [1.165, 1.54) is 24.8 Å². The maximum atomic E-state index is 5.62. The van der Waals surface area contributed by atoms with Gasteiger partial charge < -0.3 is 14.8 Å². The molecule has 0 aromatic heterocycles. The summed E-state index contributed by atoms with van der Waals surface area (Å²) in [7, 11) is 0. The second-order valence-corrected chi connectivity index (χ2v) is 6.46. The molecule has 0 bridgehead atoms. The molecule has 1 heterocycles. The highest BCUT2D eigenvalue weighted by Gasteiger charge is 2.30. The van der Waals surface area contributed by atoms with E-state index in [4.69, 9.17) is 9.47 Å². The average molecular weight is 261 g/mol. The van der Waals surface area contributed by atoms with Crippen molar-refractivity contribution < 1.29 is 9.47 Å². The van der Waals surface area contributed by atoms with Crippen LogP contribution in [0.5, 0.6) is 11.5 Å². The van der Waals surface area contributed by atoms with Crippen molar-refractivity contribution >= 4 is 0 Å². The molecule has 1 saturated carbocycles. The topological polar surface area (TPSA) is 30.5 Å². The summed E-state index contributed by atoms with van der Waals surface area (Å²) in [6.07, 6.45) is 3.89. The van der Waals surface area contributed by atoms with Gasteiger partial charge in [-0.2, -0.15) is 0 Å². The van der Waals surface area contributed by atoms with Gasteiger partial charge in [-0.3, -0.25) is 0 Å². The summed E-state index contributed by atoms with van der Waals surface area (Å²) in [4.78, 5) is 0. The lowest BCUT2D eigenvalue weighted by Crippen LogP contribution is -2.27. The van der Waals surface area contributed by atoms with Crippen LogP contribution < -0.4 is 14.8 Å². The number of benzene rings is 1. The first-order chi connectivity index (χ1) is 9.12. The Hall–Kier alpha value is -1.22. The van der Waals surface area contributed by atoms with Crippen molar-refractivity contribution in [2.75, 3.05) is 13.2 Å². The van der Waals surface area contributed by atoms with Crippen LogP contribution in [0.2, 0.25) is 0 Å². The Morgan fingerprint density at radius 3 is 2.74 bits per heavy atom. The van der Waals surface area contributed by atoms with E-state index in [1.807, 2.05) is 6.07 Å². The Morgan fingerprint density at radius 1 is 1.21 bits per heavy atom. The van der Waals surface area contributed by atoms with E-state index in [0.717, 1.165) is 18.0 Å². The van der Waals surface area contributed by atoms with Gasteiger partial charge in [0.1, 0.15) is 13.2 Å². The molecule has 0 saturated heterocycles. The third-order valence-electron chi connectivity index (χ3n) is 4.17. The molecule has 3 heteroatoms. The molecule has 3 rings (SSSR count). The van der Waals surface area contributed by atoms with Crippen LogP contribution in [0.1, 0.15) is 38.7 Å². The van der Waals surface area contributed by atoms with E-state index in [2.05, 4.69) is 31.3 Å². The molecule has 1 aromatic carbocycles. The third kappa shape index (κ3) is 3.03. The second-order valence-electron chi connectivity index (χ2n) is 6.46. The standard InChI is InChI=1S/C16H23NO2/c1-16(2)6-5-13(10-16)17-11-12-3-4-14-15(9-12)19-8-7-18-14/h3-4,9,13,17H,5-8,10-11H2,1-2H3. The Bertz CT molecular complexity index is 456. The first-order valence-corrected chi connectivity index (χ1v) is 7.24. The van der Waals surface area contributed by atoms with Gasteiger partial charge in [0.05, 0.1) is 0 Å². The van der Waals surface area contributed by atoms with E-state index >= 15 is 0 Å². The van der Waals surface area contributed by atoms with Crippen LogP contribution in [0.3, 0.4) is 0 Å². The SMILES string of the molecule is CC1(C)CCC(NCc2ccc3c(c2)OCCO3)C1. The Kier molecular flexibility index (Phi) is 3.40. The molecule has 1 N–H and O–H groups in total. The molecule has 2 aliphatic rings. The van der Waals surface area contributed by atoms with Gasteiger partial charge in [-0.15, -0.1) is 0 Å². The molecule has 1 fully saturated rings. The molecule has 3 nitrogen and oxygen atoms in total. The van der Waals surface area contributed by atoms with Gasteiger partial charge in [0.15, 0.2) is 11.5 Å². The fourth-order valence-corrected chi connectivity index (χ4v) is 3.07. The van der Waals surface area contributed by atoms with Crippen LogP contribution in [0.4, 0.5) is 0 Å². The van der Waals surface area contributed by atoms with E-state index in [0.29, 0.717) is 24.7 Å². The molecule has 1 aliphatic heterocycles. The Balaban J connectivity index is 1.58. The van der Waals surface area contributed by atoms with Gasteiger partial charge in [0, 0.05) is 12.6 Å². The number of hydrogen-bond donors (Lipinski definition) is 1. The Labute approximate surface area is 115 Å². The highest BCUT2D eigenvalue weighted by molar-refractivity contribution is 5.43. The minimum absolute atomic E-state index is 0.504. The van der Waals surface area contributed by atoms with E-state index in [1.54, 1.807) is 0 Å². The molecular formula is C16H23NO2. The highest BCUT2D eigenvalue weighted by atomic mass is 16.6. The van der Waals surface area contributed by atoms with Crippen LogP contribution in [-0.2, 0) is 6.54 Å². The maximum Gasteiger partial charge on any atom is 0.161 e. The zero-order valence-electron chi connectivity index (χ0n) is 11.9. The first kappa shape index (κ1) is 12.8. The zero-order valence-corrected chi connectivity index (χ0v) is 11.9. The molecule has 1 aromatic rings. The minimum atomic E-state index is 0.504. The summed E-state index contributed by atoms with van der Waals surface area (Å²) in [5.41, 5.74) is 1.78. The van der Waals surface area contributed by atoms with E-state index in [9.17, 15) is 0 Å². The molecule has 1 unspecified atom stereocenters. The summed E-state index contributed by atoms with van der Waals surface area (Å²) in [5, 5.41) is 3.66. The molecule has 0 spiro atoms. The lowest BCUT2D eigenvalue weighted by Gasteiger charge is -2.20. The lowest BCUT2D eigenvalue weighted by atomic mass is 9.92. The normalized spacial score (nSPS) is 24.4. The summed E-state index contributed by atoms with van der Waals surface area (Å²) in [6.45, 7) is 6.94. The quantitative estimate of drug-likeness (QED) is 0.906. The summed E-state index contributed by atoms with van der Waals surface area (Å²) < 4.78 is 11.2. The monoisotopic (exact) mass is 261 g/mol. The summed E-state index contributed by atoms with van der Waals surface area (Å²) in [5.74, 6) is 1.76. The Morgan fingerprint density at radius 2 is 2.00 bits per heavy atom. The van der Waals surface area contributed by atoms with Crippen LogP contribution in [0.15, 0.2) is 18.2 Å². The van der Waals surface area contributed by atoms with Gasteiger partial charge in [-0.05, 0) is 42.4 Å². The van der Waals surface area contributed by atoms with E-state index in [-0.39, 0.29) is 0 Å². The van der Waals surface area contributed by atoms with Crippen molar-refractivity contribution in [2.24, 2.45) is 5.41 Å². The van der Waals surface area contributed by atoms with Crippen LogP contribution in [0.25, 0.3) is 0 Å². The van der Waals surface area contributed by atoms with Crippen molar-refractivity contribution in [1.29, 1.82) is 0 Å². The smallest absolute Gasteiger partial charge is 0.161 e. The fraction of sp³-hybridized carbons (Fsp3) is 0.625. The second kappa shape index (κ2) is 5.04. The predicted molar refractivity (Wildman–Crippen MR) is 75.7 cm³/mol. The van der Waals surface area contributed by atoms with Crippen molar-refractivity contribution in [3.8, 4) is 11.5 Å². The molecule has 0 radical (unpaired) electrons. The maximum absolute atomic E-state index is 5.62. The predicted octanol–water partition coefficient (Wildman–Crippen LogP) is 3.13. The lowest BCUT2D eigenvalue weighted by molar-refractivity contribution is 0.171. The molecule has 19 heavy (non-hydrogen) atoms. The van der Waals surface area contributed by atoms with Crippen molar-refractivity contribution in [2.45, 2.75) is 45.7 Å². The summed E-state index contributed by atoms with van der Waals surface area (Å²) >= 11 is 0. The van der Waals surface area contributed by atoms with Gasteiger partial charge >= 0.3 is 0 Å². The van der Waals surface area contributed by atoms with E-state index < -0.39 is 0 Å².